The minimum Gasteiger partial charge on any atom is -0.462 e. The summed E-state index contributed by atoms with van der Waals surface area (Å²) in [4.78, 5) is 38.2. The van der Waals surface area contributed by atoms with Crippen molar-refractivity contribution in [2.45, 2.75) is 341 Å². The average Bonchev–Trinajstić information content (AvgIpc) is 3.34. The zero-order valence-electron chi connectivity index (χ0n) is 45.9. The first kappa shape index (κ1) is 65.9. The molecule has 1 atom stereocenters. The summed E-state index contributed by atoms with van der Waals surface area (Å²) < 4.78 is 16.9. The highest BCUT2D eigenvalue weighted by Crippen LogP contribution is 2.17. The molecule has 0 N–H and O–H groups in total. The van der Waals surface area contributed by atoms with Gasteiger partial charge < -0.3 is 14.2 Å². The number of unbranched alkanes of at least 4 members (excludes halogenated alkanes) is 41. The van der Waals surface area contributed by atoms with Crippen molar-refractivity contribution in [1.29, 1.82) is 0 Å². The van der Waals surface area contributed by atoms with Gasteiger partial charge in [-0.15, -0.1) is 0 Å². The molecular formula is C62H116O6. The molecule has 0 aromatic heterocycles. The number of carbonyl (C=O) groups is 3. The first-order chi connectivity index (χ1) is 33.5. The molecule has 0 unspecified atom stereocenters. The molecule has 0 aliphatic carbocycles. The van der Waals surface area contributed by atoms with E-state index in [1.165, 1.54) is 231 Å². The molecule has 0 fully saturated rings. The molecule has 0 rings (SSSR count). The fourth-order valence-corrected chi connectivity index (χ4v) is 9.08. The molecule has 0 heterocycles. The lowest BCUT2D eigenvalue weighted by molar-refractivity contribution is -0.167. The summed E-state index contributed by atoms with van der Waals surface area (Å²) >= 11 is 0. The van der Waals surface area contributed by atoms with Gasteiger partial charge in [-0.1, -0.05) is 270 Å². The summed E-state index contributed by atoms with van der Waals surface area (Å²) in [7, 11) is 0. The largest absolute Gasteiger partial charge is 0.462 e. The number of carbonyl (C=O) groups excluding carboxylic acids is 3. The maximum Gasteiger partial charge on any atom is 0.306 e. The van der Waals surface area contributed by atoms with Crippen LogP contribution in [0.3, 0.4) is 0 Å². The molecule has 0 aliphatic heterocycles. The van der Waals surface area contributed by atoms with Crippen LogP contribution >= 0.6 is 0 Å². The Hall–Kier alpha value is -2.11. The Labute approximate surface area is 423 Å². The fourth-order valence-electron chi connectivity index (χ4n) is 9.08. The number of rotatable bonds is 56. The Morgan fingerprint density at radius 1 is 0.279 bits per heavy atom. The van der Waals surface area contributed by atoms with Gasteiger partial charge in [-0.25, -0.2) is 0 Å². The lowest BCUT2D eigenvalue weighted by Crippen LogP contribution is -2.30. The Bertz CT molecular complexity index is 1100. The number of allylic oxidation sites excluding steroid dienone is 4. The summed E-state index contributed by atoms with van der Waals surface area (Å²) in [5, 5.41) is 0. The summed E-state index contributed by atoms with van der Waals surface area (Å²) in [5.41, 5.74) is 0. The normalized spacial score (nSPS) is 12.1. The van der Waals surface area contributed by atoms with E-state index in [4.69, 9.17) is 14.2 Å². The summed E-state index contributed by atoms with van der Waals surface area (Å²) in [6.45, 7) is 6.67. The van der Waals surface area contributed by atoms with Gasteiger partial charge in [-0.2, -0.15) is 0 Å². The minimum atomic E-state index is -0.772. The highest BCUT2D eigenvalue weighted by Gasteiger charge is 2.19. The van der Waals surface area contributed by atoms with E-state index in [2.05, 4.69) is 45.1 Å². The highest BCUT2D eigenvalue weighted by molar-refractivity contribution is 5.71. The van der Waals surface area contributed by atoms with Gasteiger partial charge in [0.15, 0.2) is 6.10 Å². The molecule has 0 spiro atoms. The SMILES string of the molecule is CCCCCCC/C=C/CCCCCCCC(=O)OC[C@H](COC(=O)CCCCCCCCCCC/C=C/CCCCCCCC)OC(=O)CCCCCCCCCCCCCCCCCCC. The van der Waals surface area contributed by atoms with Crippen molar-refractivity contribution in [3.05, 3.63) is 24.3 Å². The third kappa shape index (κ3) is 54.8. The van der Waals surface area contributed by atoms with Gasteiger partial charge in [-0.3, -0.25) is 14.4 Å². The number of esters is 3. The molecule has 0 aromatic rings. The summed E-state index contributed by atoms with van der Waals surface area (Å²) in [6, 6.07) is 0. The van der Waals surface area contributed by atoms with Crippen LogP contribution in [0.4, 0.5) is 0 Å². The van der Waals surface area contributed by atoms with Crippen molar-refractivity contribution in [3.63, 3.8) is 0 Å². The Morgan fingerprint density at radius 3 is 0.735 bits per heavy atom. The lowest BCUT2D eigenvalue weighted by atomic mass is 10.0. The van der Waals surface area contributed by atoms with Gasteiger partial charge in [0.25, 0.3) is 0 Å². The highest BCUT2D eigenvalue weighted by atomic mass is 16.6. The second kappa shape index (κ2) is 57.5. The van der Waals surface area contributed by atoms with Crippen molar-refractivity contribution >= 4 is 17.9 Å². The topological polar surface area (TPSA) is 78.9 Å². The quantitative estimate of drug-likeness (QED) is 0.0262. The molecule has 0 radical (unpaired) electrons. The van der Waals surface area contributed by atoms with Crippen molar-refractivity contribution in [1.82, 2.24) is 0 Å². The van der Waals surface area contributed by atoms with Crippen molar-refractivity contribution < 1.29 is 28.6 Å². The van der Waals surface area contributed by atoms with Crippen LogP contribution < -0.4 is 0 Å². The van der Waals surface area contributed by atoms with Crippen molar-refractivity contribution in [2.75, 3.05) is 13.2 Å². The smallest absolute Gasteiger partial charge is 0.306 e. The predicted molar refractivity (Wildman–Crippen MR) is 293 cm³/mol. The van der Waals surface area contributed by atoms with Crippen LogP contribution in [0.2, 0.25) is 0 Å². The molecule has 0 saturated heterocycles. The van der Waals surface area contributed by atoms with Gasteiger partial charge in [-0.05, 0) is 70.6 Å². The summed E-state index contributed by atoms with van der Waals surface area (Å²) in [6.07, 6.45) is 67.4. The molecule has 0 saturated carbocycles. The van der Waals surface area contributed by atoms with Crippen LogP contribution in [0.5, 0.6) is 0 Å². The standard InChI is InChI=1S/C62H116O6/c1-4-7-10-13-16-19-22-25-28-30-31-33-34-37-40-43-46-49-52-55-61(64)67-58-59(57-66-60(63)54-51-48-45-42-39-36-27-24-21-18-15-12-9-6-3)68-62(65)56-53-50-47-44-41-38-35-32-29-26-23-20-17-14-11-8-5-2/h24-25,27-28,59H,4-23,26,29-58H2,1-3H3/b27-24+,28-25+/t59-/m1/s1. The number of hydrogen-bond donors (Lipinski definition) is 0. The van der Waals surface area contributed by atoms with E-state index in [1.807, 2.05) is 0 Å². The molecule has 68 heavy (non-hydrogen) atoms. The fraction of sp³-hybridized carbons (Fsp3) is 0.887. The van der Waals surface area contributed by atoms with Gasteiger partial charge in [0.2, 0.25) is 0 Å². The molecule has 400 valence electrons. The Balaban J connectivity index is 4.32. The van der Waals surface area contributed by atoms with Crippen LogP contribution in [-0.2, 0) is 28.6 Å². The predicted octanol–water partition coefficient (Wildman–Crippen LogP) is 20.3. The third-order valence-corrected chi connectivity index (χ3v) is 13.7. The minimum absolute atomic E-state index is 0.0703. The van der Waals surface area contributed by atoms with E-state index in [1.54, 1.807) is 0 Å². The van der Waals surface area contributed by atoms with E-state index in [0.717, 1.165) is 64.2 Å². The van der Waals surface area contributed by atoms with Crippen LogP contribution in [0.15, 0.2) is 24.3 Å². The molecular weight excluding hydrogens is 841 g/mol. The second-order valence-electron chi connectivity index (χ2n) is 20.6. The van der Waals surface area contributed by atoms with Gasteiger partial charge in [0, 0.05) is 19.3 Å². The molecule has 6 nitrogen and oxygen atoms in total. The average molecular weight is 958 g/mol. The van der Waals surface area contributed by atoms with Crippen LogP contribution in [0, 0.1) is 0 Å². The van der Waals surface area contributed by atoms with E-state index in [-0.39, 0.29) is 31.1 Å². The molecule has 0 aliphatic rings. The first-order valence-corrected chi connectivity index (χ1v) is 30.3. The first-order valence-electron chi connectivity index (χ1n) is 30.3. The Kier molecular flexibility index (Phi) is 55.7. The monoisotopic (exact) mass is 957 g/mol. The number of hydrogen-bond acceptors (Lipinski definition) is 6. The summed E-state index contributed by atoms with van der Waals surface area (Å²) in [5.74, 6) is -0.858. The zero-order valence-corrected chi connectivity index (χ0v) is 45.9. The maximum atomic E-state index is 12.9. The van der Waals surface area contributed by atoms with Gasteiger partial charge >= 0.3 is 17.9 Å². The van der Waals surface area contributed by atoms with E-state index >= 15 is 0 Å². The van der Waals surface area contributed by atoms with Crippen LogP contribution in [0.25, 0.3) is 0 Å². The van der Waals surface area contributed by atoms with Gasteiger partial charge in [0.1, 0.15) is 13.2 Å². The van der Waals surface area contributed by atoms with Crippen LogP contribution in [0.1, 0.15) is 335 Å². The van der Waals surface area contributed by atoms with Crippen LogP contribution in [-0.4, -0.2) is 37.2 Å². The number of ether oxygens (including phenoxy) is 3. The molecule has 0 aromatic carbocycles. The second-order valence-corrected chi connectivity index (χ2v) is 20.6. The van der Waals surface area contributed by atoms with Crippen molar-refractivity contribution in [2.24, 2.45) is 0 Å². The molecule has 6 heteroatoms. The molecule has 0 amide bonds. The van der Waals surface area contributed by atoms with Gasteiger partial charge in [0.05, 0.1) is 0 Å². The Morgan fingerprint density at radius 2 is 0.485 bits per heavy atom. The lowest BCUT2D eigenvalue weighted by Gasteiger charge is -2.18. The maximum absolute atomic E-state index is 12.9. The van der Waals surface area contributed by atoms with E-state index < -0.39 is 6.10 Å². The van der Waals surface area contributed by atoms with E-state index in [9.17, 15) is 14.4 Å². The third-order valence-electron chi connectivity index (χ3n) is 13.7. The van der Waals surface area contributed by atoms with E-state index in [0.29, 0.717) is 19.3 Å². The molecule has 0 bridgehead atoms. The van der Waals surface area contributed by atoms with Crippen molar-refractivity contribution in [3.8, 4) is 0 Å². The zero-order chi connectivity index (χ0) is 49.3.